The molecule has 1 aromatic heterocycles. The molecule has 30 heavy (non-hydrogen) atoms. The quantitative estimate of drug-likeness (QED) is 0.462. The Morgan fingerprint density at radius 1 is 1.07 bits per heavy atom. The predicted octanol–water partition coefficient (Wildman–Crippen LogP) is 3.39. The highest BCUT2D eigenvalue weighted by molar-refractivity contribution is 6.30. The number of benzene rings is 2. The number of carbonyl (C=O) groups is 1. The zero-order valence-corrected chi connectivity index (χ0v) is 16.9. The fourth-order valence-corrected chi connectivity index (χ4v) is 3.68. The van der Waals surface area contributed by atoms with Gasteiger partial charge in [0, 0.05) is 56.1 Å². The fourth-order valence-electron chi connectivity index (χ4n) is 3.50. The van der Waals surface area contributed by atoms with Crippen molar-refractivity contribution in [2.75, 3.05) is 26.2 Å². The molecule has 1 aliphatic heterocycles. The fraction of sp³-hybridized carbons (Fsp3) is 0.238. The summed E-state index contributed by atoms with van der Waals surface area (Å²) in [6.45, 7) is 3.18. The number of nitro benzene ring substituents is 1. The number of rotatable bonds is 5. The van der Waals surface area contributed by atoms with Gasteiger partial charge in [-0.25, -0.2) is 4.68 Å². The summed E-state index contributed by atoms with van der Waals surface area (Å²) in [4.78, 5) is 27.4. The van der Waals surface area contributed by atoms with Crippen LogP contribution in [0.3, 0.4) is 0 Å². The highest BCUT2D eigenvalue weighted by Crippen LogP contribution is 2.17. The number of hydrogen-bond acceptors (Lipinski definition) is 5. The van der Waals surface area contributed by atoms with E-state index in [2.05, 4.69) is 10.00 Å². The summed E-state index contributed by atoms with van der Waals surface area (Å²) in [5.41, 5.74) is 2.17. The Morgan fingerprint density at radius 2 is 1.83 bits per heavy atom. The van der Waals surface area contributed by atoms with Crippen LogP contribution in [0.5, 0.6) is 0 Å². The first-order valence-corrected chi connectivity index (χ1v) is 9.94. The van der Waals surface area contributed by atoms with Crippen LogP contribution in [-0.4, -0.2) is 56.6 Å². The Morgan fingerprint density at radius 3 is 2.57 bits per heavy atom. The summed E-state index contributed by atoms with van der Waals surface area (Å²) in [5, 5.41) is 15.9. The third-order valence-electron chi connectivity index (χ3n) is 5.07. The van der Waals surface area contributed by atoms with Gasteiger partial charge in [-0.15, -0.1) is 0 Å². The van der Waals surface area contributed by atoms with E-state index in [-0.39, 0.29) is 16.5 Å². The lowest BCUT2D eigenvalue weighted by Gasteiger charge is -2.34. The van der Waals surface area contributed by atoms with E-state index in [4.69, 9.17) is 11.6 Å². The number of hydrogen-bond donors (Lipinski definition) is 0. The average Bonchev–Trinajstić information content (AvgIpc) is 3.24. The number of piperazine rings is 1. The Balaban J connectivity index is 1.36. The summed E-state index contributed by atoms with van der Waals surface area (Å²) >= 11 is 6.03. The van der Waals surface area contributed by atoms with Crippen LogP contribution >= 0.6 is 11.6 Å². The van der Waals surface area contributed by atoms with Gasteiger partial charge in [0.15, 0.2) is 5.69 Å². The topological polar surface area (TPSA) is 84.5 Å². The van der Waals surface area contributed by atoms with Gasteiger partial charge in [-0.3, -0.25) is 19.8 Å². The number of aromatic nitrogens is 2. The monoisotopic (exact) mass is 425 g/mol. The summed E-state index contributed by atoms with van der Waals surface area (Å²) in [6.07, 6.45) is 1.75. The first-order chi connectivity index (χ1) is 14.5. The van der Waals surface area contributed by atoms with Gasteiger partial charge in [0.1, 0.15) is 0 Å². The van der Waals surface area contributed by atoms with E-state index in [0.717, 1.165) is 11.3 Å². The van der Waals surface area contributed by atoms with Gasteiger partial charge < -0.3 is 4.90 Å². The van der Waals surface area contributed by atoms with Crippen molar-refractivity contribution in [1.82, 2.24) is 19.6 Å². The minimum atomic E-state index is -0.386. The molecule has 4 rings (SSSR count). The summed E-state index contributed by atoms with van der Waals surface area (Å²) < 4.78 is 1.64. The second-order valence-electron chi connectivity index (χ2n) is 7.12. The van der Waals surface area contributed by atoms with E-state index < -0.39 is 0 Å². The second kappa shape index (κ2) is 8.64. The van der Waals surface area contributed by atoms with Gasteiger partial charge in [-0.2, -0.15) is 5.10 Å². The lowest BCUT2D eigenvalue weighted by molar-refractivity contribution is -0.384. The van der Waals surface area contributed by atoms with E-state index in [1.165, 1.54) is 6.07 Å². The van der Waals surface area contributed by atoms with Gasteiger partial charge in [0.05, 0.1) is 10.6 Å². The second-order valence-corrected chi connectivity index (χ2v) is 7.56. The highest BCUT2D eigenvalue weighted by Gasteiger charge is 2.24. The van der Waals surface area contributed by atoms with Gasteiger partial charge in [-0.1, -0.05) is 29.8 Å². The molecule has 0 radical (unpaired) electrons. The SMILES string of the molecule is O=C(c1ccn(-c2cccc(Cl)c2)n1)N1CCN(Cc2cccc([N+](=O)[O-])c2)CC1. The minimum absolute atomic E-state index is 0.0941. The molecule has 2 aromatic carbocycles. The number of carbonyl (C=O) groups excluding carboxylic acids is 1. The molecular weight excluding hydrogens is 406 g/mol. The summed E-state index contributed by atoms with van der Waals surface area (Å²) in [7, 11) is 0. The highest BCUT2D eigenvalue weighted by atomic mass is 35.5. The molecule has 2 heterocycles. The Kier molecular flexibility index (Phi) is 5.78. The normalized spacial score (nSPS) is 14.6. The van der Waals surface area contributed by atoms with Crippen molar-refractivity contribution in [2.45, 2.75) is 6.54 Å². The third-order valence-corrected chi connectivity index (χ3v) is 5.30. The van der Waals surface area contributed by atoms with Crippen molar-refractivity contribution >= 4 is 23.2 Å². The molecule has 0 bridgehead atoms. The smallest absolute Gasteiger partial charge is 0.274 e. The molecule has 0 spiro atoms. The maximum Gasteiger partial charge on any atom is 0.274 e. The van der Waals surface area contributed by atoms with E-state index in [0.29, 0.717) is 43.4 Å². The number of amides is 1. The molecule has 0 atom stereocenters. The molecule has 8 nitrogen and oxygen atoms in total. The van der Waals surface area contributed by atoms with Crippen LogP contribution in [0.1, 0.15) is 16.1 Å². The lowest BCUT2D eigenvalue weighted by Crippen LogP contribution is -2.48. The maximum atomic E-state index is 12.8. The molecule has 1 fully saturated rings. The van der Waals surface area contributed by atoms with Gasteiger partial charge in [0.25, 0.3) is 11.6 Å². The molecule has 9 heteroatoms. The Hall–Kier alpha value is -3.23. The molecule has 0 N–H and O–H groups in total. The molecule has 0 saturated carbocycles. The van der Waals surface area contributed by atoms with Crippen molar-refractivity contribution in [3.63, 3.8) is 0 Å². The van der Waals surface area contributed by atoms with Crippen LogP contribution in [0.2, 0.25) is 5.02 Å². The van der Waals surface area contributed by atoms with E-state index >= 15 is 0 Å². The standard InChI is InChI=1S/C21H20ClN5O3/c22-17-4-2-5-18(14-17)26-8-7-20(23-26)21(28)25-11-9-24(10-12-25)15-16-3-1-6-19(13-16)27(29)30/h1-8,13-14H,9-12,15H2. The Labute approximate surface area is 178 Å². The van der Waals surface area contributed by atoms with Crippen molar-refractivity contribution in [3.05, 3.63) is 87.2 Å². The Bertz CT molecular complexity index is 1080. The van der Waals surface area contributed by atoms with Crippen LogP contribution in [0.25, 0.3) is 5.69 Å². The molecule has 0 unspecified atom stereocenters. The molecule has 1 aliphatic rings. The number of nitrogens with zero attached hydrogens (tertiary/aromatic N) is 5. The average molecular weight is 426 g/mol. The zero-order valence-electron chi connectivity index (χ0n) is 16.1. The molecule has 0 aliphatic carbocycles. The molecule has 1 saturated heterocycles. The van der Waals surface area contributed by atoms with Crippen LogP contribution in [0.4, 0.5) is 5.69 Å². The molecule has 3 aromatic rings. The van der Waals surface area contributed by atoms with Crippen molar-refractivity contribution in [1.29, 1.82) is 0 Å². The lowest BCUT2D eigenvalue weighted by atomic mass is 10.1. The number of halogens is 1. The third kappa shape index (κ3) is 4.50. The molecular formula is C21H20ClN5O3. The van der Waals surface area contributed by atoms with Gasteiger partial charge >= 0.3 is 0 Å². The maximum absolute atomic E-state index is 12.8. The van der Waals surface area contributed by atoms with Crippen LogP contribution in [0, 0.1) is 10.1 Å². The molecule has 1 amide bonds. The van der Waals surface area contributed by atoms with Crippen LogP contribution in [0.15, 0.2) is 60.8 Å². The summed E-state index contributed by atoms with van der Waals surface area (Å²) in [6, 6.07) is 15.7. The first-order valence-electron chi connectivity index (χ1n) is 9.56. The van der Waals surface area contributed by atoms with Crippen molar-refractivity contribution in [3.8, 4) is 5.69 Å². The van der Waals surface area contributed by atoms with E-state index in [1.807, 2.05) is 18.2 Å². The minimum Gasteiger partial charge on any atom is -0.335 e. The van der Waals surface area contributed by atoms with Gasteiger partial charge in [-0.05, 0) is 29.8 Å². The van der Waals surface area contributed by atoms with Crippen LogP contribution in [-0.2, 0) is 6.54 Å². The van der Waals surface area contributed by atoms with Gasteiger partial charge in [0.2, 0.25) is 0 Å². The number of nitro groups is 1. The molecule has 154 valence electrons. The zero-order chi connectivity index (χ0) is 21.1. The van der Waals surface area contributed by atoms with E-state index in [9.17, 15) is 14.9 Å². The van der Waals surface area contributed by atoms with E-state index in [1.54, 1.807) is 46.1 Å². The predicted molar refractivity (Wildman–Crippen MR) is 113 cm³/mol. The first kappa shape index (κ1) is 20.1. The van der Waals surface area contributed by atoms with Crippen LogP contribution < -0.4 is 0 Å². The number of non-ortho nitro benzene ring substituents is 1. The van der Waals surface area contributed by atoms with Crippen molar-refractivity contribution < 1.29 is 9.72 Å². The summed E-state index contributed by atoms with van der Waals surface area (Å²) in [5.74, 6) is -0.106. The largest absolute Gasteiger partial charge is 0.335 e. The van der Waals surface area contributed by atoms with Crippen molar-refractivity contribution in [2.24, 2.45) is 0 Å².